The number of rotatable bonds is 5. The molecule has 2 heteroatoms. The van der Waals surface area contributed by atoms with Gasteiger partial charge in [0.25, 0.3) is 0 Å². The van der Waals surface area contributed by atoms with E-state index in [2.05, 4.69) is 6.92 Å². The summed E-state index contributed by atoms with van der Waals surface area (Å²) in [6, 6.07) is 9.76. The van der Waals surface area contributed by atoms with Crippen LogP contribution in [0.2, 0.25) is 0 Å². The van der Waals surface area contributed by atoms with E-state index >= 15 is 0 Å². The van der Waals surface area contributed by atoms with Crippen molar-refractivity contribution in [3.05, 3.63) is 35.9 Å². The second-order valence-corrected chi connectivity index (χ2v) is 4.70. The van der Waals surface area contributed by atoms with E-state index in [4.69, 9.17) is 4.74 Å². The van der Waals surface area contributed by atoms with Crippen LogP contribution in [0.25, 0.3) is 0 Å². The second kappa shape index (κ2) is 5.69. The average Bonchev–Trinajstić information content (AvgIpc) is 2.27. The average molecular weight is 220 g/mol. The normalized spacial score (nSPS) is 11.2. The van der Waals surface area contributed by atoms with Crippen molar-refractivity contribution in [1.82, 2.24) is 0 Å². The zero-order valence-corrected chi connectivity index (χ0v) is 10.3. The van der Waals surface area contributed by atoms with Crippen molar-refractivity contribution >= 4 is 5.97 Å². The molecular weight excluding hydrogens is 200 g/mol. The molecule has 0 spiro atoms. The highest BCUT2D eigenvalue weighted by molar-refractivity contribution is 5.75. The fourth-order valence-corrected chi connectivity index (χ4v) is 1.65. The fourth-order valence-electron chi connectivity index (χ4n) is 1.65. The van der Waals surface area contributed by atoms with Crippen molar-refractivity contribution in [1.29, 1.82) is 0 Å². The van der Waals surface area contributed by atoms with Gasteiger partial charge in [-0.25, -0.2) is 0 Å². The Balaban J connectivity index is 2.47. The van der Waals surface area contributed by atoms with Gasteiger partial charge < -0.3 is 4.74 Å². The van der Waals surface area contributed by atoms with Crippen LogP contribution < -0.4 is 0 Å². The Morgan fingerprint density at radius 3 is 2.44 bits per heavy atom. The van der Waals surface area contributed by atoms with Gasteiger partial charge in [0, 0.05) is 0 Å². The van der Waals surface area contributed by atoms with Crippen LogP contribution in [0.4, 0.5) is 0 Å². The van der Waals surface area contributed by atoms with E-state index in [1.165, 1.54) is 0 Å². The molecule has 0 unspecified atom stereocenters. The van der Waals surface area contributed by atoms with Crippen LogP contribution in [0, 0.1) is 5.41 Å². The molecule has 0 heterocycles. The van der Waals surface area contributed by atoms with Crippen LogP contribution in [0.15, 0.2) is 30.3 Å². The zero-order valence-electron chi connectivity index (χ0n) is 10.3. The Hall–Kier alpha value is -1.31. The minimum absolute atomic E-state index is 0.113. The second-order valence-electron chi connectivity index (χ2n) is 4.70. The van der Waals surface area contributed by atoms with Crippen molar-refractivity contribution in [2.45, 2.75) is 40.2 Å². The largest absolute Gasteiger partial charge is 0.460 e. The number of hydrogen-bond acceptors (Lipinski definition) is 2. The topological polar surface area (TPSA) is 26.3 Å². The molecule has 0 aromatic heterocycles. The molecule has 88 valence electrons. The molecule has 0 saturated carbocycles. The van der Waals surface area contributed by atoms with Crippen LogP contribution in [0.1, 0.15) is 39.2 Å². The summed E-state index contributed by atoms with van der Waals surface area (Å²) >= 11 is 0. The number of ether oxygens (including phenoxy) is 1. The Kier molecular flexibility index (Phi) is 4.53. The molecule has 0 aliphatic carbocycles. The van der Waals surface area contributed by atoms with Crippen LogP contribution in [0.5, 0.6) is 0 Å². The number of esters is 1. The van der Waals surface area contributed by atoms with Gasteiger partial charge in [0.15, 0.2) is 0 Å². The first kappa shape index (κ1) is 12.8. The molecule has 1 aromatic rings. The van der Waals surface area contributed by atoms with Crippen LogP contribution in [0.3, 0.4) is 0 Å². The first-order chi connectivity index (χ1) is 7.56. The van der Waals surface area contributed by atoms with E-state index in [0.29, 0.717) is 6.61 Å². The Morgan fingerprint density at radius 2 is 1.88 bits per heavy atom. The summed E-state index contributed by atoms with van der Waals surface area (Å²) < 4.78 is 5.31. The third kappa shape index (κ3) is 3.69. The minimum Gasteiger partial charge on any atom is -0.460 e. The number of carbonyl (C=O) groups excluding carboxylic acids is 1. The quantitative estimate of drug-likeness (QED) is 0.709. The SMILES string of the molecule is CCCC(C)(C)C(=O)OCc1ccccc1. The number of carbonyl (C=O) groups is 1. The van der Waals surface area contributed by atoms with E-state index in [-0.39, 0.29) is 11.4 Å². The Morgan fingerprint density at radius 1 is 1.25 bits per heavy atom. The maximum absolute atomic E-state index is 11.8. The van der Waals surface area contributed by atoms with E-state index in [9.17, 15) is 4.79 Å². The van der Waals surface area contributed by atoms with E-state index in [0.717, 1.165) is 18.4 Å². The van der Waals surface area contributed by atoms with Crippen molar-refractivity contribution in [3.8, 4) is 0 Å². The molecule has 0 radical (unpaired) electrons. The third-order valence-electron chi connectivity index (χ3n) is 2.64. The lowest BCUT2D eigenvalue weighted by atomic mass is 9.88. The molecule has 0 bridgehead atoms. The Labute approximate surface area is 97.6 Å². The first-order valence-corrected chi connectivity index (χ1v) is 5.77. The summed E-state index contributed by atoms with van der Waals surface area (Å²) in [5.41, 5.74) is 0.659. The summed E-state index contributed by atoms with van der Waals surface area (Å²) in [7, 11) is 0. The summed E-state index contributed by atoms with van der Waals surface area (Å²) in [6.45, 7) is 6.31. The third-order valence-corrected chi connectivity index (χ3v) is 2.64. The smallest absolute Gasteiger partial charge is 0.311 e. The lowest BCUT2D eigenvalue weighted by molar-refractivity contribution is -0.155. The first-order valence-electron chi connectivity index (χ1n) is 5.77. The number of hydrogen-bond donors (Lipinski definition) is 0. The number of benzene rings is 1. The maximum atomic E-state index is 11.8. The summed E-state index contributed by atoms with van der Waals surface area (Å²) in [4.78, 5) is 11.8. The van der Waals surface area contributed by atoms with Gasteiger partial charge in [-0.3, -0.25) is 4.79 Å². The van der Waals surface area contributed by atoms with Crippen molar-refractivity contribution in [2.75, 3.05) is 0 Å². The molecule has 2 nitrogen and oxygen atoms in total. The summed E-state index contributed by atoms with van der Waals surface area (Å²) in [5, 5.41) is 0. The van der Waals surface area contributed by atoms with E-state index < -0.39 is 0 Å². The van der Waals surface area contributed by atoms with Gasteiger partial charge in [-0.1, -0.05) is 43.7 Å². The van der Waals surface area contributed by atoms with E-state index in [1.807, 2.05) is 44.2 Å². The van der Waals surface area contributed by atoms with Gasteiger partial charge in [-0.15, -0.1) is 0 Å². The summed E-state index contributed by atoms with van der Waals surface area (Å²) in [6.07, 6.45) is 1.86. The molecule has 0 aliphatic heterocycles. The molecule has 0 aliphatic rings. The monoisotopic (exact) mass is 220 g/mol. The fraction of sp³-hybridized carbons (Fsp3) is 0.500. The highest BCUT2D eigenvalue weighted by Gasteiger charge is 2.27. The van der Waals surface area contributed by atoms with Gasteiger partial charge in [0.05, 0.1) is 5.41 Å². The van der Waals surface area contributed by atoms with Crippen molar-refractivity contribution in [2.24, 2.45) is 5.41 Å². The Bertz CT molecular complexity index is 328. The van der Waals surface area contributed by atoms with E-state index in [1.54, 1.807) is 0 Å². The van der Waals surface area contributed by atoms with Crippen LogP contribution >= 0.6 is 0 Å². The lowest BCUT2D eigenvalue weighted by Gasteiger charge is -2.21. The molecule has 0 N–H and O–H groups in total. The molecule has 1 aromatic carbocycles. The highest BCUT2D eigenvalue weighted by Crippen LogP contribution is 2.24. The lowest BCUT2D eigenvalue weighted by Crippen LogP contribution is -2.26. The standard InChI is InChI=1S/C14H20O2/c1-4-10-14(2,3)13(15)16-11-12-8-6-5-7-9-12/h5-9H,4,10-11H2,1-3H3. The molecule has 0 fully saturated rings. The van der Waals surface area contributed by atoms with Gasteiger partial charge in [-0.2, -0.15) is 0 Å². The van der Waals surface area contributed by atoms with Gasteiger partial charge in [0.2, 0.25) is 0 Å². The predicted octanol–water partition coefficient (Wildman–Crippen LogP) is 3.56. The molecule has 16 heavy (non-hydrogen) atoms. The molecule has 1 rings (SSSR count). The summed E-state index contributed by atoms with van der Waals surface area (Å²) in [5.74, 6) is -0.113. The molecule has 0 saturated heterocycles. The van der Waals surface area contributed by atoms with Gasteiger partial charge >= 0.3 is 5.97 Å². The molecule has 0 atom stereocenters. The predicted molar refractivity (Wildman–Crippen MR) is 64.9 cm³/mol. The molecule has 0 amide bonds. The molecular formula is C14H20O2. The van der Waals surface area contributed by atoms with Crippen LogP contribution in [-0.4, -0.2) is 5.97 Å². The highest BCUT2D eigenvalue weighted by atomic mass is 16.5. The zero-order chi connectivity index (χ0) is 12.0. The van der Waals surface area contributed by atoms with Gasteiger partial charge in [-0.05, 0) is 25.8 Å². The van der Waals surface area contributed by atoms with Crippen molar-refractivity contribution < 1.29 is 9.53 Å². The van der Waals surface area contributed by atoms with Gasteiger partial charge in [0.1, 0.15) is 6.61 Å². The van der Waals surface area contributed by atoms with Crippen LogP contribution in [-0.2, 0) is 16.1 Å². The minimum atomic E-state index is -0.371. The van der Waals surface area contributed by atoms with Crippen molar-refractivity contribution in [3.63, 3.8) is 0 Å². The maximum Gasteiger partial charge on any atom is 0.311 e.